The number of aliphatic hydroxyl groups excluding tert-OH is 1. The number of carbonyl (C=O) groups is 1. The number of aliphatic hydroxyl groups is 1. The lowest BCUT2D eigenvalue weighted by atomic mass is 9.99. The molecule has 0 saturated heterocycles. The quantitative estimate of drug-likeness (QED) is 0.584. The lowest BCUT2D eigenvalue weighted by Crippen LogP contribution is -2.48. The van der Waals surface area contributed by atoms with Crippen LogP contribution < -0.4 is 11.1 Å². The van der Waals surface area contributed by atoms with Crippen LogP contribution in [0.2, 0.25) is 0 Å². The van der Waals surface area contributed by atoms with Crippen LogP contribution in [0.1, 0.15) is 40.0 Å². The molecule has 3 atom stereocenters. The van der Waals surface area contributed by atoms with Crippen LogP contribution in [0.3, 0.4) is 0 Å². The highest BCUT2D eigenvalue weighted by molar-refractivity contribution is 5.82. The summed E-state index contributed by atoms with van der Waals surface area (Å²) in [7, 11) is 0. The first-order valence-electron chi connectivity index (χ1n) is 5.73. The van der Waals surface area contributed by atoms with Gasteiger partial charge in [0.05, 0.1) is 6.04 Å². The van der Waals surface area contributed by atoms with Crippen LogP contribution in [0.5, 0.6) is 0 Å². The Morgan fingerprint density at radius 2 is 2.00 bits per heavy atom. The fourth-order valence-electron chi connectivity index (χ4n) is 1.34. The molecule has 0 fully saturated rings. The summed E-state index contributed by atoms with van der Waals surface area (Å²) in [5.74, 6) is 0.0845. The van der Waals surface area contributed by atoms with Crippen LogP contribution in [-0.2, 0) is 4.79 Å². The van der Waals surface area contributed by atoms with Crippen molar-refractivity contribution < 1.29 is 9.90 Å². The first kappa shape index (κ1) is 14.4. The van der Waals surface area contributed by atoms with Gasteiger partial charge in [0.15, 0.2) is 0 Å². The Kier molecular flexibility index (Phi) is 7.34. The maximum Gasteiger partial charge on any atom is 0.237 e. The van der Waals surface area contributed by atoms with E-state index in [0.717, 1.165) is 12.8 Å². The fraction of sp³-hybridized carbons (Fsp3) is 0.909. The molecule has 0 radical (unpaired) electrons. The molecule has 0 aliphatic heterocycles. The summed E-state index contributed by atoms with van der Waals surface area (Å²) in [5.41, 5.74) is 5.80. The van der Waals surface area contributed by atoms with E-state index in [-0.39, 0.29) is 24.5 Å². The maximum absolute atomic E-state index is 11.7. The smallest absolute Gasteiger partial charge is 0.237 e. The summed E-state index contributed by atoms with van der Waals surface area (Å²) in [6.45, 7) is 6.06. The molecule has 0 aromatic heterocycles. The van der Waals surface area contributed by atoms with Gasteiger partial charge in [-0.3, -0.25) is 4.79 Å². The van der Waals surface area contributed by atoms with Gasteiger partial charge in [-0.05, 0) is 18.8 Å². The Balaban J connectivity index is 4.09. The molecule has 4 heteroatoms. The molecule has 0 rings (SSSR count). The number of rotatable bonds is 7. The molecular weight excluding hydrogens is 192 g/mol. The van der Waals surface area contributed by atoms with Gasteiger partial charge in [-0.25, -0.2) is 0 Å². The van der Waals surface area contributed by atoms with Gasteiger partial charge in [0.25, 0.3) is 0 Å². The molecule has 0 heterocycles. The first-order chi connectivity index (χ1) is 7.06. The molecule has 15 heavy (non-hydrogen) atoms. The second-order valence-electron chi connectivity index (χ2n) is 4.04. The fourth-order valence-corrected chi connectivity index (χ4v) is 1.34. The first-order valence-corrected chi connectivity index (χ1v) is 5.73. The predicted octanol–water partition coefficient (Wildman–Crippen LogP) is 0.637. The molecular formula is C11H24N2O2. The van der Waals surface area contributed by atoms with Crippen LogP contribution in [0.15, 0.2) is 0 Å². The monoisotopic (exact) mass is 216 g/mol. The predicted molar refractivity (Wildman–Crippen MR) is 61.4 cm³/mol. The van der Waals surface area contributed by atoms with Crippen molar-refractivity contribution in [1.29, 1.82) is 0 Å². The average molecular weight is 216 g/mol. The number of amides is 1. The van der Waals surface area contributed by atoms with E-state index in [1.54, 1.807) is 0 Å². The molecule has 90 valence electrons. The van der Waals surface area contributed by atoms with Crippen LogP contribution in [0.25, 0.3) is 0 Å². The van der Waals surface area contributed by atoms with Crippen molar-refractivity contribution in [3.8, 4) is 0 Å². The van der Waals surface area contributed by atoms with Gasteiger partial charge in [-0.15, -0.1) is 0 Å². The number of nitrogens with one attached hydrogen (secondary N) is 1. The zero-order chi connectivity index (χ0) is 11.8. The average Bonchev–Trinajstić information content (AvgIpc) is 2.26. The Bertz CT molecular complexity index is 185. The van der Waals surface area contributed by atoms with E-state index >= 15 is 0 Å². The molecule has 0 aromatic rings. The molecule has 0 aliphatic rings. The highest BCUT2D eigenvalue weighted by Gasteiger charge is 2.21. The van der Waals surface area contributed by atoms with Gasteiger partial charge < -0.3 is 16.2 Å². The third-order valence-corrected chi connectivity index (χ3v) is 2.88. The van der Waals surface area contributed by atoms with E-state index < -0.39 is 6.04 Å². The molecule has 4 nitrogen and oxygen atoms in total. The zero-order valence-corrected chi connectivity index (χ0v) is 9.99. The minimum atomic E-state index is -0.442. The van der Waals surface area contributed by atoms with Crippen molar-refractivity contribution in [2.24, 2.45) is 11.7 Å². The molecule has 0 aliphatic carbocycles. The van der Waals surface area contributed by atoms with Crippen LogP contribution in [-0.4, -0.2) is 29.7 Å². The van der Waals surface area contributed by atoms with Crippen molar-refractivity contribution in [1.82, 2.24) is 5.32 Å². The minimum Gasteiger partial charge on any atom is -0.396 e. The maximum atomic E-state index is 11.7. The van der Waals surface area contributed by atoms with Gasteiger partial charge in [-0.2, -0.15) is 0 Å². The van der Waals surface area contributed by atoms with Crippen LogP contribution >= 0.6 is 0 Å². The molecule has 2 unspecified atom stereocenters. The van der Waals surface area contributed by atoms with E-state index in [0.29, 0.717) is 6.42 Å². The topological polar surface area (TPSA) is 75.3 Å². The summed E-state index contributed by atoms with van der Waals surface area (Å²) in [5, 5.41) is 11.7. The van der Waals surface area contributed by atoms with Gasteiger partial charge in [0, 0.05) is 12.6 Å². The van der Waals surface area contributed by atoms with Gasteiger partial charge in [0.2, 0.25) is 5.91 Å². The van der Waals surface area contributed by atoms with E-state index in [2.05, 4.69) is 5.32 Å². The number of nitrogens with two attached hydrogens (primary N) is 1. The van der Waals surface area contributed by atoms with E-state index in [1.165, 1.54) is 0 Å². The molecule has 4 N–H and O–H groups in total. The molecule has 1 amide bonds. The number of hydrogen-bond acceptors (Lipinski definition) is 3. The Morgan fingerprint density at radius 1 is 1.40 bits per heavy atom. The van der Waals surface area contributed by atoms with Gasteiger partial charge in [-0.1, -0.05) is 27.2 Å². The van der Waals surface area contributed by atoms with E-state index in [4.69, 9.17) is 10.8 Å². The van der Waals surface area contributed by atoms with Gasteiger partial charge in [0.1, 0.15) is 0 Å². The highest BCUT2D eigenvalue weighted by Crippen LogP contribution is 2.06. The molecule has 0 bridgehead atoms. The van der Waals surface area contributed by atoms with Crippen molar-refractivity contribution in [2.75, 3.05) is 6.61 Å². The normalized spacial score (nSPS) is 16.9. The Hall–Kier alpha value is -0.610. The van der Waals surface area contributed by atoms with Crippen LogP contribution in [0.4, 0.5) is 0 Å². The number of carbonyl (C=O) groups excluding carboxylic acids is 1. The van der Waals surface area contributed by atoms with E-state index in [1.807, 2.05) is 20.8 Å². The third kappa shape index (κ3) is 5.14. The summed E-state index contributed by atoms with van der Waals surface area (Å²) in [4.78, 5) is 11.7. The summed E-state index contributed by atoms with van der Waals surface area (Å²) < 4.78 is 0. The second kappa shape index (κ2) is 7.65. The SMILES string of the molecule is CCC(CCO)NC(=O)[C@@H](N)C(C)CC. The molecule has 0 saturated carbocycles. The Labute approximate surface area is 92.2 Å². The summed E-state index contributed by atoms with van der Waals surface area (Å²) in [6.07, 6.45) is 2.31. The van der Waals surface area contributed by atoms with Crippen molar-refractivity contribution >= 4 is 5.91 Å². The summed E-state index contributed by atoms with van der Waals surface area (Å²) in [6, 6.07) is -0.402. The molecule has 0 spiro atoms. The van der Waals surface area contributed by atoms with Crippen LogP contribution in [0, 0.1) is 5.92 Å². The second-order valence-corrected chi connectivity index (χ2v) is 4.04. The summed E-state index contributed by atoms with van der Waals surface area (Å²) >= 11 is 0. The lowest BCUT2D eigenvalue weighted by molar-refractivity contribution is -0.124. The Morgan fingerprint density at radius 3 is 2.40 bits per heavy atom. The molecule has 0 aromatic carbocycles. The van der Waals surface area contributed by atoms with Crippen molar-refractivity contribution in [3.05, 3.63) is 0 Å². The zero-order valence-electron chi connectivity index (χ0n) is 9.99. The van der Waals surface area contributed by atoms with E-state index in [9.17, 15) is 4.79 Å². The minimum absolute atomic E-state index is 0.0395. The third-order valence-electron chi connectivity index (χ3n) is 2.88. The highest BCUT2D eigenvalue weighted by atomic mass is 16.3. The van der Waals surface area contributed by atoms with Crippen molar-refractivity contribution in [3.63, 3.8) is 0 Å². The van der Waals surface area contributed by atoms with Gasteiger partial charge >= 0.3 is 0 Å². The standard InChI is InChI=1S/C11H24N2O2/c1-4-8(3)10(12)11(15)13-9(5-2)6-7-14/h8-10,14H,4-7,12H2,1-3H3,(H,13,15)/t8?,9?,10-/m0/s1. The largest absolute Gasteiger partial charge is 0.396 e. The van der Waals surface area contributed by atoms with Crippen molar-refractivity contribution in [2.45, 2.75) is 52.1 Å². The lowest BCUT2D eigenvalue weighted by Gasteiger charge is -2.22. The number of hydrogen-bond donors (Lipinski definition) is 3.